The van der Waals surface area contributed by atoms with Gasteiger partial charge in [0.1, 0.15) is 5.69 Å². The minimum absolute atomic E-state index is 0.0318. The van der Waals surface area contributed by atoms with Gasteiger partial charge in [-0.25, -0.2) is 31.7 Å². The molecule has 1 N–H and O–H groups in total. The Bertz CT molecular complexity index is 1250. The minimum atomic E-state index is -2.78. The summed E-state index contributed by atoms with van der Waals surface area (Å²) in [6.07, 6.45) is -1.08. The predicted octanol–water partition coefficient (Wildman–Crippen LogP) is 4.02. The summed E-state index contributed by atoms with van der Waals surface area (Å²) in [6.45, 7) is 3.15. The van der Waals surface area contributed by atoms with Crippen molar-refractivity contribution in [1.29, 1.82) is 0 Å². The molecular formula is C23H26F4N6O4. The maximum absolute atomic E-state index is 13.8. The SMILES string of the molecule is CCOC(=O)C(CC(F)F)c1cnn2cc(C(NC(=O)c3nonc3C)C3CCC(F)(F)CC3)nc2c1. The number of nitrogens with zero attached hydrogens (tertiary/aromatic N) is 5. The Morgan fingerprint density at radius 3 is 2.62 bits per heavy atom. The number of hydrogen-bond donors (Lipinski definition) is 1. The molecule has 0 spiro atoms. The van der Waals surface area contributed by atoms with Gasteiger partial charge in [-0.05, 0) is 49.4 Å². The van der Waals surface area contributed by atoms with E-state index in [0.29, 0.717) is 5.69 Å². The Labute approximate surface area is 208 Å². The van der Waals surface area contributed by atoms with Crippen molar-refractivity contribution in [2.45, 2.75) is 70.3 Å². The third-order valence-electron chi connectivity index (χ3n) is 6.45. The number of rotatable bonds is 9. The van der Waals surface area contributed by atoms with E-state index in [4.69, 9.17) is 4.74 Å². The maximum atomic E-state index is 13.8. The van der Waals surface area contributed by atoms with Crippen molar-refractivity contribution in [2.75, 3.05) is 6.61 Å². The summed E-state index contributed by atoms with van der Waals surface area (Å²) in [5.41, 5.74) is 0.988. The van der Waals surface area contributed by atoms with Crippen molar-refractivity contribution in [3.8, 4) is 0 Å². The fourth-order valence-corrected chi connectivity index (χ4v) is 4.52. The number of nitrogens with one attached hydrogen (secondary N) is 1. The number of carbonyl (C=O) groups excluding carboxylic acids is 2. The first-order valence-corrected chi connectivity index (χ1v) is 11.9. The summed E-state index contributed by atoms with van der Waals surface area (Å²) < 4.78 is 64.9. The molecule has 10 nitrogen and oxygen atoms in total. The van der Waals surface area contributed by atoms with Crippen LogP contribution in [0, 0.1) is 12.8 Å². The first kappa shape index (κ1) is 26.5. The van der Waals surface area contributed by atoms with Crippen LogP contribution in [0.3, 0.4) is 0 Å². The number of amides is 1. The van der Waals surface area contributed by atoms with Crippen molar-refractivity contribution < 1.29 is 36.5 Å². The smallest absolute Gasteiger partial charge is 0.313 e. The van der Waals surface area contributed by atoms with Crippen LogP contribution in [-0.2, 0) is 9.53 Å². The Balaban J connectivity index is 1.67. The van der Waals surface area contributed by atoms with Crippen LogP contribution in [0.15, 0.2) is 23.1 Å². The normalized spacial score (nSPS) is 17.6. The van der Waals surface area contributed by atoms with Gasteiger partial charge < -0.3 is 10.1 Å². The molecule has 0 radical (unpaired) electrons. The molecule has 37 heavy (non-hydrogen) atoms. The standard InChI is InChI=1S/C23H26F4N6O4/c1-3-36-22(35)15(9-17(24)25)14-8-18-29-16(11-33(18)28-10-14)20(13-4-6-23(26,27)7-5-13)30-21(34)19-12(2)31-37-32-19/h8,10-11,13,15,17,20H,3-7,9H2,1-2H3,(H,30,34). The highest BCUT2D eigenvalue weighted by atomic mass is 19.3. The molecule has 0 saturated heterocycles. The predicted molar refractivity (Wildman–Crippen MR) is 119 cm³/mol. The number of halogens is 4. The average Bonchev–Trinajstić information content (AvgIpc) is 3.46. The van der Waals surface area contributed by atoms with Crippen LogP contribution in [0.1, 0.15) is 78.4 Å². The molecule has 1 aliphatic rings. The molecule has 1 fully saturated rings. The number of fused-ring (bicyclic) bond motifs is 1. The summed E-state index contributed by atoms with van der Waals surface area (Å²) in [5.74, 6) is -5.79. The number of alkyl halides is 4. The van der Waals surface area contributed by atoms with Gasteiger partial charge in [-0.1, -0.05) is 5.16 Å². The van der Waals surface area contributed by atoms with E-state index in [1.54, 1.807) is 6.92 Å². The number of aromatic nitrogens is 5. The Hall–Kier alpha value is -3.58. The Kier molecular flexibility index (Phi) is 7.73. The molecule has 3 aromatic rings. The van der Waals surface area contributed by atoms with E-state index in [0.717, 1.165) is 0 Å². The lowest BCUT2D eigenvalue weighted by molar-refractivity contribution is -0.146. The van der Waals surface area contributed by atoms with Crippen molar-refractivity contribution in [2.24, 2.45) is 5.92 Å². The van der Waals surface area contributed by atoms with E-state index in [2.05, 4.69) is 30.3 Å². The summed E-state index contributed by atoms with van der Waals surface area (Å²) >= 11 is 0. The van der Waals surface area contributed by atoms with E-state index in [1.165, 1.54) is 29.9 Å². The second kappa shape index (κ2) is 10.8. The lowest BCUT2D eigenvalue weighted by Gasteiger charge is -2.33. The second-order valence-corrected chi connectivity index (χ2v) is 9.03. The van der Waals surface area contributed by atoms with Crippen LogP contribution in [0.25, 0.3) is 5.65 Å². The Morgan fingerprint density at radius 2 is 2.00 bits per heavy atom. The molecule has 3 heterocycles. The number of carbonyl (C=O) groups is 2. The van der Waals surface area contributed by atoms with Gasteiger partial charge in [-0.3, -0.25) is 9.59 Å². The monoisotopic (exact) mass is 526 g/mol. The average molecular weight is 526 g/mol. The van der Waals surface area contributed by atoms with Crippen molar-refractivity contribution in [3.05, 3.63) is 41.1 Å². The van der Waals surface area contributed by atoms with E-state index in [9.17, 15) is 27.2 Å². The van der Waals surface area contributed by atoms with Crippen molar-refractivity contribution in [3.63, 3.8) is 0 Å². The van der Waals surface area contributed by atoms with Gasteiger partial charge in [-0.2, -0.15) is 5.10 Å². The van der Waals surface area contributed by atoms with E-state index in [1.807, 2.05) is 0 Å². The summed E-state index contributed by atoms with van der Waals surface area (Å²) in [6, 6.07) is 0.673. The lowest BCUT2D eigenvalue weighted by atomic mass is 9.81. The zero-order valence-corrected chi connectivity index (χ0v) is 20.2. The van der Waals surface area contributed by atoms with Crippen LogP contribution < -0.4 is 5.32 Å². The molecular weight excluding hydrogens is 500 g/mol. The quantitative estimate of drug-likeness (QED) is 0.328. The van der Waals surface area contributed by atoms with E-state index < -0.39 is 42.6 Å². The van der Waals surface area contributed by atoms with Crippen molar-refractivity contribution >= 4 is 17.5 Å². The molecule has 2 atom stereocenters. The molecule has 3 aromatic heterocycles. The van der Waals surface area contributed by atoms with Crippen LogP contribution in [-0.4, -0.2) is 55.7 Å². The van der Waals surface area contributed by atoms with Gasteiger partial charge in [0, 0.05) is 19.3 Å². The van der Waals surface area contributed by atoms with Crippen molar-refractivity contribution in [1.82, 2.24) is 30.2 Å². The molecule has 0 bridgehead atoms. The summed E-state index contributed by atoms with van der Waals surface area (Å²) in [5, 5.41) is 14.2. The number of ether oxygens (including phenoxy) is 1. The first-order valence-electron chi connectivity index (χ1n) is 11.9. The van der Waals surface area contributed by atoms with Gasteiger partial charge in [0.15, 0.2) is 11.3 Å². The number of esters is 1. The van der Waals surface area contributed by atoms with Gasteiger partial charge in [0.05, 0.1) is 36.7 Å². The molecule has 14 heteroatoms. The largest absolute Gasteiger partial charge is 0.466 e. The molecule has 2 unspecified atom stereocenters. The van der Waals surface area contributed by atoms with Gasteiger partial charge in [0.2, 0.25) is 12.3 Å². The van der Waals surface area contributed by atoms with Gasteiger partial charge in [-0.15, -0.1) is 0 Å². The second-order valence-electron chi connectivity index (χ2n) is 9.03. The third-order valence-corrected chi connectivity index (χ3v) is 6.45. The van der Waals surface area contributed by atoms with E-state index >= 15 is 0 Å². The van der Waals surface area contributed by atoms with Crippen LogP contribution >= 0.6 is 0 Å². The fraction of sp³-hybridized carbons (Fsp3) is 0.565. The molecule has 0 aromatic carbocycles. The highest BCUT2D eigenvalue weighted by molar-refractivity contribution is 5.93. The van der Waals surface area contributed by atoms with Gasteiger partial charge >= 0.3 is 5.97 Å². The number of imidazole rings is 1. The van der Waals surface area contributed by atoms with Crippen LogP contribution in [0.5, 0.6) is 0 Å². The summed E-state index contributed by atoms with van der Waals surface area (Å²) in [7, 11) is 0. The lowest BCUT2D eigenvalue weighted by Crippen LogP contribution is -2.37. The van der Waals surface area contributed by atoms with Gasteiger partial charge in [0.25, 0.3) is 5.91 Å². The molecule has 1 aliphatic carbocycles. The zero-order chi connectivity index (χ0) is 26.7. The zero-order valence-electron chi connectivity index (χ0n) is 20.2. The maximum Gasteiger partial charge on any atom is 0.313 e. The van der Waals surface area contributed by atoms with Crippen LogP contribution in [0.4, 0.5) is 17.6 Å². The fourth-order valence-electron chi connectivity index (χ4n) is 4.52. The first-order chi connectivity index (χ1) is 17.6. The molecule has 1 saturated carbocycles. The topological polar surface area (TPSA) is 125 Å². The molecule has 200 valence electrons. The van der Waals surface area contributed by atoms with E-state index in [-0.39, 0.29) is 60.8 Å². The minimum Gasteiger partial charge on any atom is -0.466 e. The third kappa shape index (κ3) is 6.05. The molecule has 1 amide bonds. The number of hydrogen-bond acceptors (Lipinski definition) is 8. The molecule has 4 rings (SSSR count). The highest BCUT2D eigenvalue weighted by Crippen LogP contribution is 2.41. The highest BCUT2D eigenvalue weighted by Gasteiger charge is 2.40. The Morgan fingerprint density at radius 1 is 1.27 bits per heavy atom. The molecule has 0 aliphatic heterocycles. The summed E-state index contributed by atoms with van der Waals surface area (Å²) in [4.78, 5) is 29.7. The van der Waals surface area contributed by atoms with Crippen LogP contribution in [0.2, 0.25) is 0 Å². The number of aryl methyl sites for hydroxylation is 1.